The summed E-state index contributed by atoms with van der Waals surface area (Å²) in [6.45, 7) is 0. The summed E-state index contributed by atoms with van der Waals surface area (Å²) in [7, 11) is -2.82. The standard InChI is InChI=1S/C25H21FNO2P/c26-24-17-10-18-25(27(28)29)23(24)19-30(20-11-4-1-5-12-20,21-13-6-2-7-14-21)22-15-8-3-9-16-22/h1-18,30H,19H2. The predicted octanol–water partition coefficient (Wildman–Crippen LogP) is 4.96. The fourth-order valence-electron chi connectivity index (χ4n) is 4.13. The molecule has 0 aliphatic carbocycles. The zero-order valence-electron chi connectivity index (χ0n) is 16.2. The summed E-state index contributed by atoms with van der Waals surface area (Å²) in [6, 6.07) is 34.1. The Morgan fingerprint density at radius 1 is 0.667 bits per heavy atom. The Bertz CT molecular complexity index is 1050. The molecule has 0 unspecified atom stereocenters. The van der Waals surface area contributed by atoms with Gasteiger partial charge in [0.05, 0.1) is 0 Å². The quantitative estimate of drug-likeness (QED) is 0.253. The molecule has 0 atom stereocenters. The van der Waals surface area contributed by atoms with Crippen LogP contribution in [0.1, 0.15) is 5.56 Å². The van der Waals surface area contributed by atoms with Gasteiger partial charge in [-0.05, 0) is 0 Å². The SMILES string of the molecule is O=[N+]([O-])c1cccc(F)c1C[PH](c1ccccc1)(c1ccccc1)c1ccccc1. The minimum absolute atomic E-state index is 0.158. The number of hydrogen-bond donors (Lipinski definition) is 0. The summed E-state index contributed by atoms with van der Waals surface area (Å²) in [4.78, 5) is 11.2. The number of halogens is 1. The van der Waals surface area contributed by atoms with E-state index in [1.807, 2.05) is 54.6 Å². The van der Waals surface area contributed by atoms with Crippen LogP contribution in [0.25, 0.3) is 0 Å². The number of nitrogens with zero attached hydrogens (tertiary/aromatic N) is 1. The second kappa shape index (κ2) is 8.56. The van der Waals surface area contributed by atoms with E-state index in [1.165, 1.54) is 18.2 Å². The summed E-state index contributed by atoms with van der Waals surface area (Å²) < 4.78 is 15.0. The van der Waals surface area contributed by atoms with E-state index < -0.39 is 18.0 Å². The van der Waals surface area contributed by atoms with Crippen LogP contribution < -0.4 is 15.9 Å². The van der Waals surface area contributed by atoms with Crippen molar-refractivity contribution >= 4 is 28.9 Å². The molecular weight excluding hydrogens is 396 g/mol. The molecule has 0 aliphatic rings. The Labute approximate surface area is 175 Å². The van der Waals surface area contributed by atoms with Gasteiger partial charge in [-0.3, -0.25) is 0 Å². The molecule has 0 spiro atoms. The summed E-state index contributed by atoms with van der Waals surface area (Å²) in [5.74, 6) is -0.538. The molecule has 4 aromatic carbocycles. The number of nitro groups is 1. The van der Waals surface area contributed by atoms with Crippen LogP contribution in [0, 0.1) is 15.9 Å². The van der Waals surface area contributed by atoms with E-state index in [1.54, 1.807) is 0 Å². The summed E-state index contributed by atoms with van der Waals surface area (Å²) in [5.41, 5.74) is -0.0135. The molecule has 4 rings (SSSR count). The van der Waals surface area contributed by atoms with Crippen molar-refractivity contribution in [3.8, 4) is 0 Å². The van der Waals surface area contributed by atoms with Gasteiger partial charge in [-0.15, -0.1) is 0 Å². The van der Waals surface area contributed by atoms with Crippen molar-refractivity contribution in [3.05, 3.63) is 131 Å². The van der Waals surface area contributed by atoms with Gasteiger partial charge in [0.1, 0.15) is 0 Å². The molecule has 150 valence electrons. The second-order valence-electron chi connectivity index (χ2n) is 7.17. The van der Waals surface area contributed by atoms with E-state index in [0.29, 0.717) is 0 Å². The third kappa shape index (κ3) is 3.62. The van der Waals surface area contributed by atoms with Crippen molar-refractivity contribution in [2.24, 2.45) is 0 Å². The molecule has 0 aromatic heterocycles. The van der Waals surface area contributed by atoms with Gasteiger partial charge in [0.15, 0.2) is 0 Å². The van der Waals surface area contributed by atoms with Crippen LogP contribution in [-0.2, 0) is 6.16 Å². The first-order chi connectivity index (χ1) is 14.6. The third-order valence-electron chi connectivity index (χ3n) is 5.53. The van der Waals surface area contributed by atoms with E-state index in [-0.39, 0.29) is 17.4 Å². The zero-order valence-corrected chi connectivity index (χ0v) is 17.2. The van der Waals surface area contributed by atoms with Crippen molar-refractivity contribution in [2.75, 3.05) is 0 Å². The molecule has 4 aromatic rings. The first-order valence-corrected chi connectivity index (χ1v) is 11.9. The van der Waals surface area contributed by atoms with E-state index in [0.717, 1.165) is 15.9 Å². The molecule has 0 saturated carbocycles. The molecule has 0 fully saturated rings. The van der Waals surface area contributed by atoms with Gasteiger partial charge in [0.2, 0.25) is 0 Å². The van der Waals surface area contributed by atoms with Gasteiger partial charge < -0.3 is 0 Å². The molecule has 5 heteroatoms. The second-order valence-corrected chi connectivity index (χ2v) is 11.1. The molecule has 0 amide bonds. The van der Waals surface area contributed by atoms with Crippen LogP contribution >= 0.6 is 7.26 Å². The first kappa shape index (κ1) is 19.9. The fraction of sp³-hybridized carbons (Fsp3) is 0.0400. The topological polar surface area (TPSA) is 43.1 Å². The maximum atomic E-state index is 15.0. The van der Waals surface area contributed by atoms with Crippen molar-refractivity contribution in [1.82, 2.24) is 0 Å². The van der Waals surface area contributed by atoms with Gasteiger partial charge in [0, 0.05) is 0 Å². The molecule has 0 bridgehead atoms. The first-order valence-electron chi connectivity index (χ1n) is 9.71. The van der Waals surface area contributed by atoms with Crippen LogP contribution in [0.5, 0.6) is 0 Å². The van der Waals surface area contributed by atoms with Crippen LogP contribution in [-0.4, -0.2) is 4.92 Å². The molecular formula is C25H21FNO2P. The van der Waals surface area contributed by atoms with Crippen LogP contribution in [0.4, 0.5) is 10.1 Å². The molecule has 0 radical (unpaired) electrons. The van der Waals surface area contributed by atoms with Crippen molar-refractivity contribution < 1.29 is 9.31 Å². The Morgan fingerprint density at radius 2 is 1.10 bits per heavy atom. The molecule has 0 N–H and O–H groups in total. The summed E-state index contributed by atoms with van der Waals surface area (Å²) in [5, 5.41) is 15.0. The zero-order chi connectivity index (χ0) is 21.0. The molecule has 0 aliphatic heterocycles. The average Bonchev–Trinajstić information content (AvgIpc) is 2.80. The van der Waals surface area contributed by atoms with Crippen molar-refractivity contribution in [3.63, 3.8) is 0 Å². The van der Waals surface area contributed by atoms with Crippen molar-refractivity contribution in [2.45, 2.75) is 6.16 Å². The van der Waals surface area contributed by atoms with E-state index >= 15 is 4.39 Å². The van der Waals surface area contributed by atoms with Gasteiger partial charge in [-0.1, -0.05) is 0 Å². The normalized spacial score (nSPS) is 11.8. The molecule has 30 heavy (non-hydrogen) atoms. The Hall–Kier alpha value is -3.36. The summed E-state index contributed by atoms with van der Waals surface area (Å²) in [6.07, 6.45) is 0.258. The van der Waals surface area contributed by atoms with Gasteiger partial charge in [-0.2, -0.15) is 0 Å². The van der Waals surface area contributed by atoms with Gasteiger partial charge in [0.25, 0.3) is 0 Å². The van der Waals surface area contributed by atoms with Crippen LogP contribution in [0.2, 0.25) is 0 Å². The van der Waals surface area contributed by atoms with E-state index in [9.17, 15) is 10.1 Å². The predicted molar refractivity (Wildman–Crippen MR) is 123 cm³/mol. The Balaban J connectivity index is 2.06. The number of rotatable bonds is 6. The van der Waals surface area contributed by atoms with Crippen LogP contribution in [0.3, 0.4) is 0 Å². The van der Waals surface area contributed by atoms with Gasteiger partial charge >= 0.3 is 175 Å². The molecule has 0 saturated heterocycles. The maximum absolute atomic E-state index is 15.0. The Morgan fingerprint density at radius 3 is 1.50 bits per heavy atom. The number of nitro benzene ring substituents is 1. The molecule has 0 heterocycles. The van der Waals surface area contributed by atoms with Gasteiger partial charge in [-0.25, -0.2) is 0 Å². The third-order valence-corrected chi connectivity index (χ3v) is 10.4. The van der Waals surface area contributed by atoms with E-state index in [2.05, 4.69) is 36.4 Å². The fourth-order valence-corrected chi connectivity index (χ4v) is 8.91. The van der Waals surface area contributed by atoms with Crippen LogP contribution in [0.15, 0.2) is 109 Å². The number of hydrogen-bond acceptors (Lipinski definition) is 2. The van der Waals surface area contributed by atoms with E-state index in [4.69, 9.17) is 0 Å². The molecule has 3 nitrogen and oxygen atoms in total. The Kier molecular flexibility index (Phi) is 5.69. The summed E-state index contributed by atoms with van der Waals surface area (Å²) >= 11 is 0. The number of benzene rings is 4. The minimum atomic E-state index is -2.82. The average molecular weight is 417 g/mol. The van der Waals surface area contributed by atoms with Crippen molar-refractivity contribution in [1.29, 1.82) is 0 Å². The monoisotopic (exact) mass is 417 g/mol.